The van der Waals surface area contributed by atoms with Crippen LogP contribution in [0.5, 0.6) is 0 Å². The molecule has 0 saturated carbocycles. The van der Waals surface area contributed by atoms with Gasteiger partial charge in [0.2, 0.25) is 0 Å². The van der Waals surface area contributed by atoms with Gasteiger partial charge in [-0.3, -0.25) is 0 Å². The molecule has 0 N–H and O–H groups in total. The van der Waals surface area contributed by atoms with Crippen molar-refractivity contribution < 1.29 is 37.5 Å². The van der Waals surface area contributed by atoms with Crippen LogP contribution in [0.15, 0.2) is 97.6 Å². The summed E-state index contributed by atoms with van der Waals surface area (Å²) in [6.07, 6.45) is 11.9. The van der Waals surface area contributed by atoms with Gasteiger partial charge < -0.3 is 0 Å². The molecule has 0 saturated heterocycles. The summed E-state index contributed by atoms with van der Waals surface area (Å²) in [5.41, 5.74) is 16.4. The van der Waals surface area contributed by atoms with Gasteiger partial charge in [-0.1, -0.05) is 0 Å². The van der Waals surface area contributed by atoms with Crippen LogP contribution in [0.4, 0.5) is 0 Å². The summed E-state index contributed by atoms with van der Waals surface area (Å²) in [5.74, 6) is 3.67. The molecule has 0 atom stereocenters. The third-order valence-electron chi connectivity index (χ3n) is 11.8. The van der Waals surface area contributed by atoms with Crippen LogP contribution in [0.1, 0.15) is 203 Å². The molecule has 2 aromatic heterocycles. The van der Waals surface area contributed by atoms with Crippen molar-refractivity contribution in [1.82, 2.24) is 18.3 Å². The van der Waals surface area contributed by atoms with E-state index in [1.54, 1.807) is 0 Å². The van der Waals surface area contributed by atoms with E-state index in [0.717, 1.165) is 7.78 Å². The molecule has 2 heterocycles. The first-order chi connectivity index (χ1) is 31.1. The first kappa shape index (κ1) is 56.9. The van der Waals surface area contributed by atoms with Gasteiger partial charge >= 0.3 is 387 Å². The molecule has 66 heavy (non-hydrogen) atoms. The topological polar surface area (TPSA) is 19.7 Å². The number of imidazole rings is 2. The molecule has 0 spiro atoms. The monoisotopic (exact) mass is 1070 g/mol. The zero-order chi connectivity index (χ0) is 49.7. The normalized spacial score (nSPS) is 11.5. The molecule has 0 unspecified atom stereocenters. The van der Waals surface area contributed by atoms with Crippen LogP contribution in [0.3, 0.4) is 0 Å². The molecule has 6 heteroatoms. The Bertz CT molecular complexity index is 2100. The summed E-state index contributed by atoms with van der Waals surface area (Å²) in [5, 5.41) is 0. The van der Waals surface area contributed by atoms with Crippen LogP contribution in [0.25, 0.3) is 22.7 Å². The van der Waals surface area contributed by atoms with E-state index in [-0.39, 0.29) is 0 Å². The molecule has 0 aliphatic rings. The van der Waals surface area contributed by atoms with Crippen LogP contribution in [0, 0.1) is 48.3 Å². The quantitative estimate of drug-likeness (QED) is 0.109. The summed E-state index contributed by atoms with van der Waals surface area (Å²) in [4.78, 5) is 0. The number of hydrogen-bond donors (Lipinski definition) is 0. The molecular formula is C60H82N4Pd2. The predicted molar refractivity (Wildman–Crippen MR) is 279 cm³/mol. The molecule has 4 nitrogen and oxygen atoms in total. The molecule has 6 radical (unpaired) electrons. The molecule has 0 fully saturated rings. The van der Waals surface area contributed by atoms with E-state index in [9.17, 15) is 0 Å². The Morgan fingerprint density at radius 3 is 0.530 bits per heavy atom. The minimum atomic E-state index is 0.458. The van der Waals surface area contributed by atoms with Crippen molar-refractivity contribution in [3.05, 3.63) is 190 Å². The van der Waals surface area contributed by atoms with E-state index in [4.69, 9.17) is 0 Å². The Morgan fingerprint density at radius 2 is 0.424 bits per heavy atom. The second-order valence-electron chi connectivity index (χ2n) is 19.5. The molecule has 6 rings (SSSR count). The maximum Gasteiger partial charge on any atom is -0.0386 e. The summed E-state index contributed by atoms with van der Waals surface area (Å²) >= 11 is 7.28. The van der Waals surface area contributed by atoms with Crippen LogP contribution in [0.2, 0.25) is 0 Å². The van der Waals surface area contributed by atoms with Gasteiger partial charge in [0, 0.05) is 0 Å². The molecule has 362 valence electrons. The van der Waals surface area contributed by atoms with Crippen molar-refractivity contribution in [2.24, 2.45) is 0 Å². The minimum Gasteiger partial charge on any atom is -0.0499 e. The van der Waals surface area contributed by atoms with E-state index >= 15 is 0 Å². The number of aromatic nitrogens is 4. The van der Waals surface area contributed by atoms with Crippen molar-refractivity contribution >= 4 is 0 Å². The van der Waals surface area contributed by atoms with Crippen LogP contribution < -0.4 is 0 Å². The SMILES string of the molecule is CC(C)c1cccc(C(C)C)c1-n1ccn(-c2c(C(C)C)cccc2C(C)C)[c]1=[Pd].CC(C)c1cccc(C(C)C)c1-n1ccn(-c2c(C(C)C)cccc2C(C)C)[c]1=[Pd].[CH2][CH][CH2].[CH2][CH][CH2]. The smallest absolute Gasteiger partial charge is 0.0386 e. The van der Waals surface area contributed by atoms with Crippen molar-refractivity contribution in [2.45, 2.75) is 158 Å². The van der Waals surface area contributed by atoms with Gasteiger partial charge in [-0.2, -0.15) is 0 Å². The maximum absolute atomic E-state index is 3.64. The second kappa shape index (κ2) is 26.4. The molecule has 4 aromatic carbocycles. The van der Waals surface area contributed by atoms with Gasteiger partial charge in [0.25, 0.3) is 0 Å². The Labute approximate surface area is 424 Å². The summed E-state index contributed by atoms with van der Waals surface area (Å²) in [6.45, 7) is 49.5. The third kappa shape index (κ3) is 13.4. The van der Waals surface area contributed by atoms with Crippen molar-refractivity contribution in [3.8, 4) is 22.7 Å². The van der Waals surface area contributed by atoms with Crippen molar-refractivity contribution in [2.75, 3.05) is 0 Å². The Hall–Kier alpha value is -3.38. The minimum absolute atomic E-state index is 0.458. The van der Waals surface area contributed by atoms with Crippen LogP contribution in [-0.2, 0) is 37.5 Å². The number of para-hydroxylation sites is 4. The van der Waals surface area contributed by atoms with E-state index in [1.165, 1.54) is 80.1 Å². The molecule has 0 aliphatic heterocycles. The molecule has 6 aromatic rings. The molecule has 0 bridgehead atoms. The van der Waals surface area contributed by atoms with Gasteiger partial charge in [0.15, 0.2) is 0 Å². The van der Waals surface area contributed by atoms with Gasteiger partial charge in [-0.05, 0) is 40.5 Å². The maximum atomic E-state index is 3.64. The zero-order valence-electron chi connectivity index (χ0n) is 43.3. The predicted octanol–water partition coefficient (Wildman–Crippen LogP) is 17.4. The van der Waals surface area contributed by atoms with Crippen LogP contribution >= 0.6 is 0 Å². The second-order valence-corrected chi connectivity index (χ2v) is 20.9. The molecular weight excluding hydrogens is 990 g/mol. The fourth-order valence-corrected chi connectivity index (χ4v) is 9.68. The molecule has 0 aliphatic carbocycles. The van der Waals surface area contributed by atoms with E-state index in [2.05, 4.69) is 292 Å². The van der Waals surface area contributed by atoms with Gasteiger partial charge in [-0.25, -0.2) is 0 Å². The number of nitrogens with zero attached hydrogens (tertiary/aromatic N) is 4. The van der Waals surface area contributed by atoms with E-state index in [0.29, 0.717) is 47.3 Å². The number of benzene rings is 4. The number of hydrogen-bond acceptors (Lipinski definition) is 0. The number of rotatable bonds is 12. The van der Waals surface area contributed by atoms with Crippen molar-refractivity contribution in [3.63, 3.8) is 0 Å². The Morgan fingerprint density at radius 1 is 0.303 bits per heavy atom. The largest absolute Gasteiger partial charge is 0.0499 e. The third-order valence-corrected chi connectivity index (χ3v) is 13.3. The van der Waals surface area contributed by atoms with Gasteiger partial charge in [-0.15, -0.1) is 0 Å². The zero-order valence-corrected chi connectivity index (χ0v) is 46.4. The van der Waals surface area contributed by atoms with Gasteiger partial charge in [0.05, 0.1) is 0 Å². The standard InChI is InChI=1S/2C27H36N2.2C3H5.2Pd/c2*1-18(2)22-11-9-12-23(19(3)4)26(22)28-15-16-29(17-28)27-24(20(5)6)13-10-14-25(27)21(7)8;2*1-3-2;;/h2*9-16,18-21H,1-8H3;2*3H,1-2H2;;. The average molecular weight is 1070 g/mol. The molecule has 0 amide bonds. The summed E-state index contributed by atoms with van der Waals surface area (Å²) in [6, 6.07) is 27.0. The fraction of sp³-hybridized carbons (Fsp3) is 0.400. The van der Waals surface area contributed by atoms with E-state index < -0.39 is 0 Å². The first-order valence-corrected chi connectivity index (χ1v) is 25.5. The van der Waals surface area contributed by atoms with E-state index in [1.807, 2.05) is 0 Å². The Kier molecular flexibility index (Phi) is 22.8. The average Bonchev–Trinajstić information content (AvgIpc) is 3.83. The van der Waals surface area contributed by atoms with Crippen molar-refractivity contribution in [1.29, 1.82) is 0 Å². The Balaban J connectivity index is 0.000000313. The summed E-state index contributed by atoms with van der Waals surface area (Å²) in [7, 11) is 0. The first-order valence-electron chi connectivity index (χ1n) is 24.0. The summed E-state index contributed by atoms with van der Waals surface area (Å²) < 4.78 is 11.6. The van der Waals surface area contributed by atoms with Gasteiger partial charge in [0.1, 0.15) is 0 Å². The fourth-order valence-electron chi connectivity index (χ4n) is 8.53. The van der Waals surface area contributed by atoms with Crippen LogP contribution in [-0.4, -0.2) is 18.3 Å².